The van der Waals surface area contributed by atoms with E-state index in [0.29, 0.717) is 42.1 Å². The van der Waals surface area contributed by atoms with E-state index in [2.05, 4.69) is 70.8 Å². The molecule has 0 spiro atoms. The van der Waals surface area contributed by atoms with Crippen molar-refractivity contribution in [1.82, 2.24) is 63.1 Å². The molecule has 1 saturated heterocycles. The van der Waals surface area contributed by atoms with Gasteiger partial charge in [0.2, 0.25) is 76.8 Å². The standard InChI is InChI=1S/C68H109N17O19S/c1-7-36(5)55(83-57(92)40(71)21-26-53(88)89)66(101)82-49(34-105)63(98)79-46(30-35(3)4)61(96)81-48(32-54(90)91)67(102)85-29-15-20-50(85)64(99)77-43(19-12-14-28-70)58(93)76-44(22-24-51(72)86)60(95)75-42(18-11-13-27-69)59(94)80-47(31-38-33-74-41-17-10-9-16-39(38)41)62(97)84-56(37(6)8-2)65(100)78-45(68(103)104)23-25-52(73)87/h9-10,16-17,33,35-37,40,42-50,55-56,74,105H,7-8,11-15,18-32,34,69-71H2,1-6H3,(H2,72,86)(H2,73,87)(H,75,95)(H,76,93)(H,77,99)(H,78,100)(H,79,98)(H,80,94)(H,81,96)(H,82,101)(H,83,92)(H,84,97)(H,88,89)(H,90,91)(H,103,104)/t36-,37-,40-,42-,43-,44-,45-,46-,47-,48-,49-,50-,55-,56-/m0/s1. The molecule has 586 valence electrons. The van der Waals surface area contributed by atoms with Gasteiger partial charge in [-0.3, -0.25) is 71.9 Å². The van der Waals surface area contributed by atoms with Gasteiger partial charge in [-0.05, 0) is 120 Å². The molecule has 1 aliphatic rings. The van der Waals surface area contributed by atoms with Crippen molar-refractivity contribution in [3.05, 3.63) is 36.0 Å². The maximum absolute atomic E-state index is 14.8. The van der Waals surface area contributed by atoms with Gasteiger partial charge in [0.25, 0.3) is 0 Å². The third-order valence-corrected chi connectivity index (χ3v) is 18.4. The minimum atomic E-state index is -1.85. The lowest BCUT2D eigenvalue weighted by molar-refractivity contribution is -0.146. The van der Waals surface area contributed by atoms with Crippen molar-refractivity contribution >= 4 is 118 Å². The highest BCUT2D eigenvalue weighted by atomic mass is 32.1. The van der Waals surface area contributed by atoms with Crippen LogP contribution < -0.4 is 81.8 Å². The Morgan fingerprint density at radius 3 is 1.50 bits per heavy atom. The number of amides is 13. The number of aromatic amines is 1. The molecule has 105 heavy (non-hydrogen) atoms. The number of unbranched alkanes of at least 4 members (excludes halogenated alkanes) is 2. The Morgan fingerprint density at radius 2 is 0.990 bits per heavy atom. The molecular formula is C68H109N17O19S. The van der Waals surface area contributed by atoms with E-state index in [1.165, 1.54) is 0 Å². The molecule has 13 amide bonds. The number of rotatable bonds is 50. The minimum absolute atomic E-state index is 0.0212. The van der Waals surface area contributed by atoms with Crippen LogP contribution in [0.5, 0.6) is 0 Å². The number of nitrogens with two attached hydrogens (primary N) is 5. The number of aromatic nitrogens is 1. The quantitative estimate of drug-likeness (QED) is 0.0234. The molecule has 24 N–H and O–H groups in total. The average molecular weight is 1500 g/mol. The van der Waals surface area contributed by atoms with Crippen molar-refractivity contribution in [3.8, 4) is 0 Å². The van der Waals surface area contributed by atoms with Gasteiger partial charge in [0.05, 0.1) is 12.5 Å². The van der Waals surface area contributed by atoms with Gasteiger partial charge in [-0.25, -0.2) is 4.79 Å². The molecule has 1 aromatic heterocycles. The van der Waals surface area contributed by atoms with Gasteiger partial charge in [0.15, 0.2) is 0 Å². The van der Waals surface area contributed by atoms with Gasteiger partial charge in [-0.15, -0.1) is 0 Å². The fraction of sp³-hybridized carbons (Fsp3) is 0.647. The first-order valence-electron chi connectivity index (χ1n) is 35.5. The number of para-hydroxylation sites is 1. The number of hydrogen-bond donors (Lipinski definition) is 20. The molecule has 1 aromatic carbocycles. The molecule has 0 unspecified atom stereocenters. The SMILES string of the molecule is CC[C@H](C)[C@H](NC(=O)[C@H](Cc1c[nH]c2ccccc12)NC(=O)[C@H](CCCCN)NC(=O)[C@H](CCC(N)=O)NC(=O)[C@H](CCCCN)NC(=O)[C@@H]1CCCN1C(=O)[C@H](CC(=O)O)NC(=O)[C@H](CC(C)C)NC(=O)[C@H](CS)NC(=O)[C@@H](NC(=O)[C@@H](N)CCC(=O)O)[C@@H](C)CC)C(=O)N[C@@H](CCC(N)=O)C(=O)O. The van der Waals surface area contributed by atoms with E-state index in [-0.39, 0.29) is 102 Å². The van der Waals surface area contributed by atoms with Crippen molar-refractivity contribution in [3.63, 3.8) is 0 Å². The summed E-state index contributed by atoms with van der Waals surface area (Å²) in [5.41, 5.74) is 29.6. The first-order chi connectivity index (χ1) is 49.6. The van der Waals surface area contributed by atoms with E-state index >= 15 is 0 Å². The summed E-state index contributed by atoms with van der Waals surface area (Å²) in [6.07, 6.45) is -0.287. The van der Waals surface area contributed by atoms with E-state index in [4.69, 9.17) is 33.8 Å². The summed E-state index contributed by atoms with van der Waals surface area (Å²) in [5.74, 6) is -18.0. The highest BCUT2D eigenvalue weighted by molar-refractivity contribution is 7.80. The summed E-state index contributed by atoms with van der Waals surface area (Å²) in [6.45, 7) is 10.3. The largest absolute Gasteiger partial charge is 0.481 e. The number of carbonyl (C=O) groups is 16. The van der Waals surface area contributed by atoms with Crippen LogP contribution in [0, 0.1) is 17.8 Å². The lowest BCUT2D eigenvalue weighted by atomic mass is 9.96. The van der Waals surface area contributed by atoms with Gasteiger partial charge in [-0.1, -0.05) is 72.6 Å². The number of benzene rings is 1. The number of fused-ring (bicyclic) bond motifs is 1. The summed E-state index contributed by atoms with van der Waals surface area (Å²) >= 11 is 4.25. The number of carbonyl (C=O) groups excluding carboxylic acids is 13. The number of carboxylic acid groups (broad SMARTS) is 3. The number of nitrogens with zero attached hydrogens (tertiary/aromatic N) is 1. The van der Waals surface area contributed by atoms with Crippen LogP contribution in [0.2, 0.25) is 0 Å². The zero-order valence-electron chi connectivity index (χ0n) is 60.5. The Morgan fingerprint density at radius 1 is 0.533 bits per heavy atom. The van der Waals surface area contributed by atoms with E-state index in [9.17, 15) is 86.9 Å². The fourth-order valence-corrected chi connectivity index (χ4v) is 11.9. The van der Waals surface area contributed by atoms with Crippen LogP contribution in [0.1, 0.15) is 163 Å². The van der Waals surface area contributed by atoms with Crippen LogP contribution in [0.4, 0.5) is 0 Å². The Balaban J connectivity index is 1.96. The van der Waals surface area contributed by atoms with Gasteiger partial charge >= 0.3 is 17.9 Å². The van der Waals surface area contributed by atoms with Crippen LogP contribution in [0.15, 0.2) is 30.5 Å². The van der Waals surface area contributed by atoms with Crippen LogP contribution in [-0.4, -0.2) is 218 Å². The number of likely N-dealkylation sites (tertiary alicyclic amines) is 1. The Kier molecular flexibility index (Phi) is 39.0. The second kappa shape index (κ2) is 45.7. The zero-order chi connectivity index (χ0) is 78.8. The van der Waals surface area contributed by atoms with Gasteiger partial charge in [-0.2, -0.15) is 12.6 Å². The van der Waals surface area contributed by atoms with Crippen molar-refractivity contribution in [2.45, 2.75) is 236 Å². The van der Waals surface area contributed by atoms with Crippen LogP contribution in [0.3, 0.4) is 0 Å². The van der Waals surface area contributed by atoms with Gasteiger partial charge in [0, 0.05) is 55.1 Å². The molecule has 0 saturated carbocycles. The number of hydrogen-bond acceptors (Lipinski definition) is 20. The van der Waals surface area contributed by atoms with Crippen LogP contribution >= 0.6 is 12.6 Å². The molecule has 2 heterocycles. The summed E-state index contributed by atoms with van der Waals surface area (Å²) in [7, 11) is 0. The minimum Gasteiger partial charge on any atom is -0.481 e. The topological polar surface area (TPSA) is 603 Å². The monoisotopic (exact) mass is 1500 g/mol. The van der Waals surface area contributed by atoms with Crippen LogP contribution in [-0.2, 0) is 83.1 Å². The number of thiol groups is 1. The predicted molar refractivity (Wildman–Crippen MR) is 386 cm³/mol. The zero-order valence-corrected chi connectivity index (χ0v) is 61.4. The van der Waals surface area contributed by atoms with Crippen molar-refractivity contribution in [2.24, 2.45) is 46.4 Å². The molecule has 1 fully saturated rings. The van der Waals surface area contributed by atoms with Crippen molar-refractivity contribution < 1.29 is 92.0 Å². The molecule has 36 nitrogen and oxygen atoms in total. The fourth-order valence-electron chi connectivity index (χ4n) is 11.6. The summed E-state index contributed by atoms with van der Waals surface area (Å²) in [5, 5.41) is 55.3. The molecule has 14 atom stereocenters. The number of H-pyrrole nitrogens is 1. The predicted octanol–water partition coefficient (Wildman–Crippen LogP) is -2.84. The molecule has 1 aliphatic heterocycles. The third kappa shape index (κ3) is 30.3. The average Bonchev–Trinajstić information content (AvgIpc) is 1.74. The Hall–Kier alpha value is -9.49. The molecule has 0 aliphatic carbocycles. The lowest BCUT2D eigenvalue weighted by Crippen LogP contribution is -2.61. The molecule has 37 heteroatoms. The number of carboxylic acids is 3. The number of aliphatic carboxylic acids is 3. The highest BCUT2D eigenvalue weighted by Crippen LogP contribution is 2.23. The lowest BCUT2D eigenvalue weighted by Gasteiger charge is -2.31. The third-order valence-electron chi connectivity index (χ3n) is 18.1. The first kappa shape index (κ1) is 89.7. The highest BCUT2D eigenvalue weighted by Gasteiger charge is 2.42. The second-order valence-corrected chi connectivity index (χ2v) is 27.2. The molecule has 0 radical (unpaired) electrons. The van der Waals surface area contributed by atoms with E-state index in [0.717, 1.165) is 4.90 Å². The second-order valence-electron chi connectivity index (χ2n) is 26.9. The summed E-state index contributed by atoms with van der Waals surface area (Å²) in [6, 6.07) is -10.7. The first-order valence-corrected chi connectivity index (χ1v) is 36.1. The Labute approximate surface area is 614 Å². The normalized spacial score (nSPS) is 16.4. The smallest absolute Gasteiger partial charge is 0.326 e. The number of nitrogens with one attached hydrogen (secondary N) is 11. The van der Waals surface area contributed by atoms with Crippen molar-refractivity contribution in [1.29, 1.82) is 0 Å². The summed E-state index contributed by atoms with van der Waals surface area (Å²) < 4.78 is 0. The van der Waals surface area contributed by atoms with Crippen molar-refractivity contribution in [2.75, 3.05) is 25.4 Å². The molecule has 3 rings (SSSR count). The molecule has 2 aromatic rings. The van der Waals surface area contributed by atoms with E-state index in [1.807, 2.05) is 0 Å². The van der Waals surface area contributed by atoms with Gasteiger partial charge in [0.1, 0.15) is 66.5 Å². The van der Waals surface area contributed by atoms with Crippen LogP contribution in [0.25, 0.3) is 10.9 Å². The van der Waals surface area contributed by atoms with E-state index < -0.39 is 205 Å². The van der Waals surface area contributed by atoms with E-state index in [1.54, 1.807) is 72.0 Å². The molecular weight excluding hydrogens is 1390 g/mol. The van der Waals surface area contributed by atoms with Gasteiger partial charge < -0.3 is 107 Å². The molecule has 0 bridgehead atoms. The Bertz CT molecular complexity index is 3340. The maximum atomic E-state index is 14.8. The maximum Gasteiger partial charge on any atom is 0.326 e. The summed E-state index contributed by atoms with van der Waals surface area (Å²) in [4.78, 5) is 220. The number of primary amides is 2.